The fourth-order valence-corrected chi connectivity index (χ4v) is 2.44. The van der Waals surface area contributed by atoms with Crippen LogP contribution in [0.15, 0.2) is 18.2 Å². The van der Waals surface area contributed by atoms with Gasteiger partial charge in [0.05, 0.1) is 0 Å². The molecule has 0 saturated carbocycles. The van der Waals surface area contributed by atoms with Gasteiger partial charge >= 0.3 is 0 Å². The Hall–Kier alpha value is -1.55. The Morgan fingerprint density at radius 3 is 3.00 bits per heavy atom. The molecule has 104 valence electrons. The van der Waals surface area contributed by atoms with Crippen LogP contribution in [0.3, 0.4) is 0 Å². The van der Waals surface area contributed by atoms with Crippen LogP contribution in [-0.2, 0) is 17.6 Å². The molecule has 3 N–H and O–H groups in total. The molecule has 0 fully saturated rings. The van der Waals surface area contributed by atoms with E-state index in [0.29, 0.717) is 13.1 Å². The lowest BCUT2D eigenvalue weighted by Gasteiger charge is -2.21. The molecule has 4 heteroatoms. The molecule has 0 heterocycles. The minimum absolute atomic E-state index is 0.112. The van der Waals surface area contributed by atoms with Crippen molar-refractivity contribution in [1.29, 1.82) is 0 Å². The van der Waals surface area contributed by atoms with Gasteiger partial charge in [-0.15, -0.1) is 0 Å². The van der Waals surface area contributed by atoms with E-state index in [1.807, 2.05) is 12.1 Å². The van der Waals surface area contributed by atoms with Crippen LogP contribution < -0.4 is 15.8 Å². The van der Waals surface area contributed by atoms with Crippen LogP contribution in [0.2, 0.25) is 0 Å². The van der Waals surface area contributed by atoms with Gasteiger partial charge in [0.15, 0.2) is 6.10 Å². The quantitative estimate of drug-likeness (QED) is 0.843. The van der Waals surface area contributed by atoms with Crippen LogP contribution in [0.5, 0.6) is 5.75 Å². The van der Waals surface area contributed by atoms with E-state index in [0.717, 1.165) is 18.6 Å². The van der Waals surface area contributed by atoms with E-state index >= 15 is 0 Å². The summed E-state index contributed by atoms with van der Waals surface area (Å²) in [6.07, 6.45) is 4.10. The summed E-state index contributed by atoms with van der Waals surface area (Å²) in [5.41, 5.74) is 8.00. The molecule has 0 saturated heterocycles. The number of hydrogen-bond donors (Lipinski definition) is 2. The number of hydrogen-bond acceptors (Lipinski definition) is 3. The number of nitrogens with two attached hydrogens (primary N) is 1. The average molecular weight is 262 g/mol. The number of rotatable bonds is 5. The fraction of sp³-hybridized carbons (Fsp3) is 0.533. The molecule has 0 aromatic heterocycles. The number of carbonyl (C=O) groups is 1. The highest BCUT2D eigenvalue weighted by Gasteiger charge is 2.18. The summed E-state index contributed by atoms with van der Waals surface area (Å²) in [6, 6.07) is 6.11. The zero-order chi connectivity index (χ0) is 13.7. The lowest BCUT2D eigenvalue weighted by Crippen LogP contribution is -2.39. The van der Waals surface area contributed by atoms with Gasteiger partial charge in [-0.1, -0.05) is 12.1 Å². The first-order chi connectivity index (χ1) is 9.22. The van der Waals surface area contributed by atoms with E-state index in [4.69, 9.17) is 10.5 Å². The molecule has 1 atom stereocenters. The number of benzene rings is 1. The van der Waals surface area contributed by atoms with Crippen LogP contribution in [0.1, 0.15) is 30.9 Å². The Morgan fingerprint density at radius 1 is 1.42 bits per heavy atom. The van der Waals surface area contributed by atoms with E-state index in [1.54, 1.807) is 6.92 Å². The number of ether oxygens (including phenoxy) is 1. The zero-order valence-corrected chi connectivity index (χ0v) is 11.4. The summed E-state index contributed by atoms with van der Waals surface area (Å²) in [6.45, 7) is 2.70. The minimum atomic E-state index is -0.486. The third-order valence-electron chi connectivity index (χ3n) is 3.47. The van der Waals surface area contributed by atoms with Crippen LogP contribution in [0, 0.1) is 0 Å². The van der Waals surface area contributed by atoms with Crippen LogP contribution >= 0.6 is 0 Å². The number of fused-ring (bicyclic) bond motifs is 1. The Bertz CT molecular complexity index is 446. The van der Waals surface area contributed by atoms with E-state index in [9.17, 15) is 4.79 Å². The first-order valence-corrected chi connectivity index (χ1v) is 6.97. The first-order valence-electron chi connectivity index (χ1n) is 6.97. The predicted octanol–water partition coefficient (Wildman–Crippen LogP) is 1.41. The average Bonchev–Trinajstić information content (AvgIpc) is 2.45. The van der Waals surface area contributed by atoms with Gasteiger partial charge in [0.1, 0.15) is 5.75 Å². The number of carbonyl (C=O) groups excluding carboxylic acids is 1. The molecule has 1 aromatic rings. The van der Waals surface area contributed by atoms with Gasteiger partial charge in [0.2, 0.25) is 0 Å². The van der Waals surface area contributed by atoms with Crippen LogP contribution in [0.25, 0.3) is 0 Å². The van der Waals surface area contributed by atoms with Gasteiger partial charge in [-0.2, -0.15) is 0 Å². The van der Waals surface area contributed by atoms with Crippen molar-refractivity contribution in [2.45, 2.75) is 38.7 Å². The largest absolute Gasteiger partial charge is 0.481 e. The Labute approximate surface area is 114 Å². The normalized spacial score (nSPS) is 15.5. The second-order valence-electron chi connectivity index (χ2n) is 4.94. The first kappa shape index (κ1) is 13.9. The summed E-state index contributed by atoms with van der Waals surface area (Å²) in [7, 11) is 0. The maximum absolute atomic E-state index is 11.8. The maximum atomic E-state index is 11.8. The molecular weight excluding hydrogens is 240 g/mol. The molecule has 1 aliphatic rings. The number of nitrogens with one attached hydrogen (secondary N) is 1. The summed E-state index contributed by atoms with van der Waals surface area (Å²) in [5.74, 6) is 0.742. The summed E-state index contributed by atoms with van der Waals surface area (Å²) in [5, 5.41) is 2.74. The molecule has 1 aromatic carbocycles. The smallest absolute Gasteiger partial charge is 0.260 e. The van der Waals surface area contributed by atoms with Crippen molar-refractivity contribution < 1.29 is 9.53 Å². The van der Waals surface area contributed by atoms with E-state index < -0.39 is 6.10 Å². The van der Waals surface area contributed by atoms with Gasteiger partial charge < -0.3 is 15.8 Å². The molecule has 2 rings (SSSR count). The third-order valence-corrected chi connectivity index (χ3v) is 3.47. The SMILES string of the molecule is CC(Oc1cccc2c1CCCC2)C(=O)NCCN. The van der Waals surface area contributed by atoms with Gasteiger partial charge in [-0.05, 0) is 49.8 Å². The Balaban J connectivity index is 2.04. The lowest BCUT2D eigenvalue weighted by molar-refractivity contribution is -0.127. The third kappa shape index (κ3) is 3.47. The topological polar surface area (TPSA) is 64.3 Å². The fourth-order valence-electron chi connectivity index (χ4n) is 2.44. The predicted molar refractivity (Wildman–Crippen MR) is 75.2 cm³/mol. The summed E-state index contributed by atoms with van der Waals surface area (Å²) in [4.78, 5) is 11.8. The van der Waals surface area contributed by atoms with Crippen LogP contribution in [-0.4, -0.2) is 25.1 Å². The molecule has 0 spiro atoms. The zero-order valence-electron chi connectivity index (χ0n) is 11.4. The molecule has 4 nitrogen and oxygen atoms in total. The standard InChI is InChI=1S/C15H22N2O2/c1-11(15(18)17-10-9-16)19-14-8-4-6-12-5-2-3-7-13(12)14/h4,6,8,11H,2-3,5,7,9-10,16H2,1H3,(H,17,18). The molecule has 1 unspecified atom stereocenters. The van der Waals surface area contributed by atoms with Crippen molar-refractivity contribution in [3.8, 4) is 5.75 Å². The van der Waals surface area contributed by atoms with Gasteiger partial charge in [0.25, 0.3) is 5.91 Å². The second kappa shape index (κ2) is 6.57. The number of aryl methyl sites for hydroxylation is 1. The van der Waals surface area contributed by atoms with Crippen molar-refractivity contribution in [3.63, 3.8) is 0 Å². The van der Waals surface area contributed by atoms with E-state index in [2.05, 4.69) is 11.4 Å². The molecule has 1 aliphatic carbocycles. The van der Waals surface area contributed by atoms with Gasteiger partial charge in [-0.25, -0.2) is 0 Å². The summed E-state index contributed by atoms with van der Waals surface area (Å²) >= 11 is 0. The lowest BCUT2D eigenvalue weighted by atomic mass is 9.91. The monoisotopic (exact) mass is 262 g/mol. The maximum Gasteiger partial charge on any atom is 0.260 e. The van der Waals surface area contributed by atoms with E-state index in [-0.39, 0.29) is 5.91 Å². The van der Waals surface area contributed by atoms with Crippen molar-refractivity contribution in [2.24, 2.45) is 5.73 Å². The Morgan fingerprint density at radius 2 is 2.21 bits per heavy atom. The van der Waals surface area contributed by atoms with Crippen molar-refractivity contribution in [2.75, 3.05) is 13.1 Å². The van der Waals surface area contributed by atoms with Crippen molar-refractivity contribution >= 4 is 5.91 Å². The highest BCUT2D eigenvalue weighted by Crippen LogP contribution is 2.30. The van der Waals surface area contributed by atoms with E-state index in [1.165, 1.54) is 24.0 Å². The molecule has 1 amide bonds. The van der Waals surface area contributed by atoms with Gasteiger partial charge in [0, 0.05) is 13.1 Å². The van der Waals surface area contributed by atoms with Crippen molar-refractivity contribution in [3.05, 3.63) is 29.3 Å². The van der Waals surface area contributed by atoms with Crippen LogP contribution in [0.4, 0.5) is 0 Å². The second-order valence-corrected chi connectivity index (χ2v) is 4.94. The minimum Gasteiger partial charge on any atom is -0.481 e. The molecule has 0 radical (unpaired) electrons. The molecule has 0 aliphatic heterocycles. The highest BCUT2D eigenvalue weighted by atomic mass is 16.5. The number of amides is 1. The Kier molecular flexibility index (Phi) is 4.80. The summed E-state index contributed by atoms with van der Waals surface area (Å²) < 4.78 is 5.82. The van der Waals surface area contributed by atoms with Crippen molar-refractivity contribution in [1.82, 2.24) is 5.32 Å². The highest BCUT2D eigenvalue weighted by molar-refractivity contribution is 5.80. The molecule has 19 heavy (non-hydrogen) atoms. The molecule has 0 bridgehead atoms. The van der Waals surface area contributed by atoms with Gasteiger partial charge in [-0.3, -0.25) is 4.79 Å². The molecular formula is C15H22N2O2.